The van der Waals surface area contributed by atoms with Gasteiger partial charge in [-0.1, -0.05) is 42.5 Å². The van der Waals surface area contributed by atoms with Crippen molar-refractivity contribution in [3.8, 4) is 16.8 Å². The number of hydrogen-bond donors (Lipinski definition) is 1. The Bertz CT molecular complexity index is 1310. The van der Waals surface area contributed by atoms with Gasteiger partial charge in [0.1, 0.15) is 0 Å². The molecule has 0 spiro atoms. The molecule has 1 atom stereocenters. The standard InChI is InChI=1S/C24H22N4O3.ClH/c1-31-23(29)20-11-12-21-22(26-20)28(19-13-14-25-15-19)24(30)27(21)18-9-7-17(8-10-18)16-5-3-2-4-6-16;/h2-12,19,25H,13-15H2,1H3;1H/t19-;/m0./s1. The van der Waals surface area contributed by atoms with Gasteiger partial charge in [0, 0.05) is 6.54 Å². The molecular weight excluding hydrogens is 428 g/mol. The molecular formula is C24H23ClN4O3. The summed E-state index contributed by atoms with van der Waals surface area (Å²) < 4.78 is 8.18. The molecule has 32 heavy (non-hydrogen) atoms. The Morgan fingerprint density at radius 2 is 1.75 bits per heavy atom. The van der Waals surface area contributed by atoms with Crippen molar-refractivity contribution in [2.75, 3.05) is 20.2 Å². The van der Waals surface area contributed by atoms with E-state index < -0.39 is 5.97 Å². The molecule has 4 aromatic rings. The van der Waals surface area contributed by atoms with E-state index in [1.165, 1.54) is 7.11 Å². The number of carbonyl (C=O) groups is 1. The number of ether oxygens (including phenoxy) is 1. The lowest BCUT2D eigenvalue weighted by molar-refractivity contribution is 0.0594. The lowest BCUT2D eigenvalue weighted by Gasteiger charge is -2.10. The van der Waals surface area contributed by atoms with E-state index in [0.717, 1.165) is 29.8 Å². The van der Waals surface area contributed by atoms with Crippen LogP contribution in [0.5, 0.6) is 0 Å². The summed E-state index contributed by atoms with van der Waals surface area (Å²) in [6.45, 7) is 1.53. The van der Waals surface area contributed by atoms with Crippen LogP contribution >= 0.6 is 12.4 Å². The average molecular weight is 451 g/mol. The minimum atomic E-state index is -0.523. The molecule has 0 bridgehead atoms. The fourth-order valence-electron chi connectivity index (χ4n) is 4.18. The van der Waals surface area contributed by atoms with E-state index in [-0.39, 0.29) is 29.8 Å². The number of halogens is 1. The third-order valence-corrected chi connectivity index (χ3v) is 5.75. The topological polar surface area (TPSA) is 78.2 Å². The minimum Gasteiger partial charge on any atom is -0.464 e. The molecule has 2 aromatic carbocycles. The lowest BCUT2D eigenvalue weighted by Crippen LogP contribution is -2.28. The van der Waals surface area contributed by atoms with Gasteiger partial charge in [-0.3, -0.25) is 9.13 Å². The molecule has 0 unspecified atom stereocenters. The van der Waals surface area contributed by atoms with Crippen molar-refractivity contribution in [1.29, 1.82) is 0 Å². The number of fused-ring (bicyclic) bond motifs is 1. The van der Waals surface area contributed by atoms with Crippen molar-refractivity contribution in [2.24, 2.45) is 0 Å². The average Bonchev–Trinajstić information content (AvgIpc) is 3.44. The molecule has 0 aliphatic carbocycles. The van der Waals surface area contributed by atoms with Crippen LogP contribution in [0.1, 0.15) is 23.0 Å². The number of esters is 1. The molecule has 0 radical (unpaired) electrons. The number of aromatic nitrogens is 3. The Labute approximate surface area is 191 Å². The predicted octanol–water partition coefficient (Wildman–Crippen LogP) is 3.60. The molecule has 1 saturated heterocycles. The Morgan fingerprint density at radius 1 is 1.03 bits per heavy atom. The Balaban J connectivity index is 0.00000245. The van der Waals surface area contributed by atoms with Crippen LogP contribution in [0, 0.1) is 0 Å². The Morgan fingerprint density at radius 3 is 2.41 bits per heavy atom. The third kappa shape index (κ3) is 3.70. The van der Waals surface area contributed by atoms with Gasteiger partial charge in [0.2, 0.25) is 0 Å². The summed E-state index contributed by atoms with van der Waals surface area (Å²) in [7, 11) is 1.32. The van der Waals surface area contributed by atoms with Gasteiger partial charge in [0.05, 0.1) is 24.4 Å². The number of methoxy groups -OCH3 is 1. The fraction of sp³-hybridized carbons (Fsp3) is 0.208. The molecule has 164 valence electrons. The van der Waals surface area contributed by atoms with Crippen molar-refractivity contribution in [3.05, 3.63) is 82.9 Å². The number of nitrogens with one attached hydrogen (secondary N) is 1. The summed E-state index contributed by atoms with van der Waals surface area (Å²) in [6.07, 6.45) is 0.829. The number of benzene rings is 2. The molecule has 3 heterocycles. The molecule has 1 N–H and O–H groups in total. The highest BCUT2D eigenvalue weighted by atomic mass is 35.5. The van der Waals surface area contributed by atoms with Crippen LogP contribution in [0.3, 0.4) is 0 Å². The van der Waals surface area contributed by atoms with Crippen molar-refractivity contribution >= 4 is 29.5 Å². The van der Waals surface area contributed by atoms with Gasteiger partial charge in [0.25, 0.3) is 0 Å². The normalized spacial score (nSPS) is 15.5. The van der Waals surface area contributed by atoms with Gasteiger partial charge in [0.15, 0.2) is 11.3 Å². The molecule has 1 aliphatic rings. The minimum absolute atomic E-state index is 0. The van der Waals surface area contributed by atoms with Crippen LogP contribution in [0.15, 0.2) is 71.5 Å². The molecule has 5 rings (SSSR count). The largest absolute Gasteiger partial charge is 0.464 e. The first-order valence-electron chi connectivity index (χ1n) is 10.3. The predicted molar refractivity (Wildman–Crippen MR) is 126 cm³/mol. The summed E-state index contributed by atoms with van der Waals surface area (Å²) in [5, 5.41) is 3.30. The summed E-state index contributed by atoms with van der Waals surface area (Å²) in [4.78, 5) is 30.1. The van der Waals surface area contributed by atoms with Gasteiger partial charge in [-0.25, -0.2) is 14.6 Å². The second-order valence-corrected chi connectivity index (χ2v) is 7.58. The van der Waals surface area contributed by atoms with Gasteiger partial charge < -0.3 is 10.1 Å². The molecule has 2 aromatic heterocycles. The van der Waals surface area contributed by atoms with Gasteiger partial charge in [-0.05, 0) is 48.4 Å². The highest BCUT2D eigenvalue weighted by Crippen LogP contribution is 2.25. The van der Waals surface area contributed by atoms with E-state index in [4.69, 9.17) is 4.74 Å². The van der Waals surface area contributed by atoms with E-state index >= 15 is 0 Å². The van der Waals surface area contributed by atoms with Crippen molar-refractivity contribution in [1.82, 2.24) is 19.4 Å². The van der Waals surface area contributed by atoms with E-state index in [9.17, 15) is 9.59 Å². The Kier molecular flexibility index (Phi) is 6.12. The van der Waals surface area contributed by atoms with Crippen LogP contribution in [0.25, 0.3) is 28.0 Å². The maximum Gasteiger partial charge on any atom is 0.356 e. The summed E-state index contributed by atoms with van der Waals surface area (Å²) in [6, 6.07) is 21.3. The summed E-state index contributed by atoms with van der Waals surface area (Å²) in [5.41, 5.74) is 4.13. The summed E-state index contributed by atoms with van der Waals surface area (Å²) in [5.74, 6) is -0.523. The second-order valence-electron chi connectivity index (χ2n) is 7.58. The van der Waals surface area contributed by atoms with Crippen molar-refractivity contribution < 1.29 is 9.53 Å². The maximum absolute atomic E-state index is 13.5. The molecule has 0 saturated carbocycles. The Hall–Kier alpha value is -3.42. The zero-order chi connectivity index (χ0) is 21.4. The number of carbonyl (C=O) groups excluding carboxylic acids is 1. The first-order chi connectivity index (χ1) is 15.2. The molecule has 7 nitrogen and oxygen atoms in total. The molecule has 1 fully saturated rings. The van der Waals surface area contributed by atoms with Crippen molar-refractivity contribution in [2.45, 2.75) is 12.5 Å². The number of hydrogen-bond acceptors (Lipinski definition) is 5. The second kappa shape index (κ2) is 8.98. The molecule has 0 amide bonds. The van der Waals surface area contributed by atoms with Gasteiger partial charge >= 0.3 is 11.7 Å². The van der Waals surface area contributed by atoms with Gasteiger partial charge in [-0.2, -0.15) is 0 Å². The van der Waals surface area contributed by atoms with E-state index in [1.807, 2.05) is 42.5 Å². The molecule has 1 aliphatic heterocycles. The SMILES string of the molecule is COC(=O)c1ccc2c(n1)n([C@H]1CCNC1)c(=O)n2-c1ccc(-c2ccccc2)cc1.Cl. The van der Waals surface area contributed by atoms with Crippen LogP contribution in [0.4, 0.5) is 0 Å². The molecule has 8 heteroatoms. The highest BCUT2D eigenvalue weighted by Gasteiger charge is 2.25. The van der Waals surface area contributed by atoms with E-state index in [1.54, 1.807) is 21.3 Å². The van der Waals surface area contributed by atoms with Crippen LogP contribution in [0.2, 0.25) is 0 Å². The number of nitrogens with zero attached hydrogens (tertiary/aromatic N) is 3. The quantitative estimate of drug-likeness (QED) is 0.481. The van der Waals surface area contributed by atoms with Crippen LogP contribution in [-0.4, -0.2) is 40.3 Å². The smallest absolute Gasteiger partial charge is 0.356 e. The highest BCUT2D eigenvalue weighted by molar-refractivity contribution is 5.90. The van der Waals surface area contributed by atoms with Crippen LogP contribution < -0.4 is 11.0 Å². The van der Waals surface area contributed by atoms with E-state index in [0.29, 0.717) is 17.7 Å². The first-order valence-corrected chi connectivity index (χ1v) is 10.3. The maximum atomic E-state index is 13.5. The fourth-order valence-corrected chi connectivity index (χ4v) is 4.18. The monoisotopic (exact) mass is 450 g/mol. The first kappa shape index (κ1) is 21.8. The number of imidazole rings is 1. The number of pyridine rings is 1. The van der Waals surface area contributed by atoms with Crippen molar-refractivity contribution in [3.63, 3.8) is 0 Å². The summed E-state index contributed by atoms with van der Waals surface area (Å²) >= 11 is 0. The lowest BCUT2D eigenvalue weighted by atomic mass is 10.1. The zero-order valence-corrected chi connectivity index (χ0v) is 18.3. The zero-order valence-electron chi connectivity index (χ0n) is 17.5. The van der Waals surface area contributed by atoms with Crippen LogP contribution in [-0.2, 0) is 4.74 Å². The van der Waals surface area contributed by atoms with E-state index in [2.05, 4.69) is 22.4 Å². The van der Waals surface area contributed by atoms with Gasteiger partial charge in [-0.15, -0.1) is 12.4 Å². The number of rotatable bonds is 4. The third-order valence-electron chi connectivity index (χ3n) is 5.75.